The third-order valence-corrected chi connectivity index (χ3v) is 3.74. The summed E-state index contributed by atoms with van der Waals surface area (Å²) in [6.07, 6.45) is -0.253. The van der Waals surface area contributed by atoms with E-state index >= 15 is 0 Å². The van der Waals surface area contributed by atoms with E-state index in [4.69, 9.17) is 4.74 Å². The van der Waals surface area contributed by atoms with Gasteiger partial charge in [0.2, 0.25) is 0 Å². The van der Waals surface area contributed by atoms with Gasteiger partial charge in [0.1, 0.15) is 0 Å². The summed E-state index contributed by atoms with van der Waals surface area (Å²) in [6, 6.07) is 0. The number of hydrogen-bond acceptors (Lipinski definition) is 5. The first-order valence-corrected chi connectivity index (χ1v) is 7.01. The van der Waals surface area contributed by atoms with Gasteiger partial charge in [-0.15, -0.1) is 0 Å². The molecule has 2 N–H and O–H groups in total. The molecule has 5 heteroatoms. The van der Waals surface area contributed by atoms with Crippen LogP contribution in [0.1, 0.15) is 13.8 Å². The number of nitrogens with zero attached hydrogens (tertiary/aromatic N) is 2. The van der Waals surface area contributed by atoms with Crippen molar-refractivity contribution in [2.45, 2.75) is 25.5 Å². The fourth-order valence-electron chi connectivity index (χ4n) is 2.71. The summed E-state index contributed by atoms with van der Waals surface area (Å²) < 4.78 is 5.36. The quantitative estimate of drug-likeness (QED) is 0.704. The Morgan fingerprint density at radius 1 is 1.22 bits per heavy atom. The summed E-state index contributed by atoms with van der Waals surface area (Å²) in [7, 11) is 0. The monoisotopic (exact) mass is 257 g/mol. The van der Waals surface area contributed by atoms with Crippen LogP contribution < -0.4 is 5.32 Å². The molecule has 2 aliphatic rings. The molecular weight excluding hydrogens is 230 g/mol. The van der Waals surface area contributed by atoms with Crippen LogP contribution >= 0.6 is 0 Å². The molecule has 0 aromatic rings. The standard InChI is InChI=1S/C13H27N3O2/c1-13(2)11-16(10-12(17)9-14-13)4-3-15-5-7-18-8-6-15/h12,14,17H,3-11H2,1-2H3. The molecule has 1 unspecified atom stereocenters. The van der Waals surface area contributed by atoms with Gasteiger partial charge in [0.25, 0.3) is 0 Å². The average molecular weight is 257 g/mol. The molecule has 2 rings (SSSR count). The molecule has 0 bridgehead atoms. The Hall–Kier alpha value is -0.200. The van der Waals surface area contributed by atoms with Gasteiger partial charge in [-0.25, -0.2) is 0 Å². The van der Waals surface area contributed by atoms with Crippen LogP contribution in [-0.4, -0.2) is 85.6 Å². The van der Waals surface area contributed by atoms with Gasteiger partial charge in [-0.2, -0.15) is 0 Å². The van der Waals surface area contributed by atoms with E-state index in [1.165, 1.54) is 0 Å². The number of rotatable bonds is 3. The van der Waals surface area contributed by atoms with Crippen molar-refractivity contribution >= 4 is 0 Å². The molecule has 0 spiro atoms. The van der Waals surface area contributed by atoms with Gasteiger partial charge in [0.15, 0.2) is 0 Å². The lowest BCUT2D eigenvalue weighted by Crippen LogP contribution is -2.48. The van der Waals surface area contributed by atoms with Gasteiger partial charge in [-0.3, -0.25) is 9.80 Å². The minimum absolute atomic E-state index is 0.0858. The highest BCUT2D eigenvalue weighted by atomic mass is 16.5. The molecule has 2 aliphatic heterocycles. The van der Waals surface area contributed by atoms with Crippen LogP contribution in [0.5, 0.6) is 0 Å². The van der Waals surface area contributed by atoms with Gasteiger partial charge in [0.05, 0.1) is 19.3 Å². The van der Waals surface area contributed by atoms with Crippen molar-refractivity contribution in [1.82, 2.24) is 15.1 Å². The number of aliphatic hydroxyl groups excluding tert-OH is 1. The van der Waals surface area contributed by atoms with Crippen molar-refractivity contribution in [2.24, 2.45) is 0 Å². The topological polar surface area (TPSA) is 48.0 Å². The average Bonchev–Trinajstić information content (AvgIpc) is 2.47. The number of ether oxygens (including phenoxy) is 1. The normalized spacial score (nSPS) is 31.2. The van der Waals surface area contributed by atoms with Crippen molar-refractivity contribution in [3.05, 3.63) is 0 Å². The molecule has 18 heavy (non-hydrogen) atoms. The molecule has 0 aromatic carbocycles. The molecule has 2 fully saturated rings. The lowest BCUT2D eigenvalue weighted by molar-refractivity contribution is 0.0305. The fourth-order valence-corrected chi connectivity index (χ4v) is 2.71. The summed E-state index contributed by atoms with van der Waals surface area (Å²) in [5, 5.41) is 13.3. The molecule has 106 valence electrons. The maximum Gasteiger partial charge on any atom is 0.0791 e. The second kappa shape index (κ2) is 6.30. The van der Waals surface area contributed by atoms with Crippen molar-refractivity contribution in [3.8, 4) is 0 Å². The molecule has 5 nitrogen and oxygen atoms in total. The van der Waals surface area contributed by atoms with Gasteiger partial charge in [-0.05, 0) is 13.8 Å². The van der Waals surface area contributed by atoms with E-state index in [0.717, 1.165) is 52.5 Å². The maximum absolute atomic E-state index is 9.89. The van der Waals surface area contributed by atoms with E-state index in [0.29, 0.717) is 6.54 Å². The first-order chi connectivity index (χ1) is 8.55. The van der Waals surface area contributed by atoms with E-state index in [2.05, 4.69) is 29.0 Å². The van der Waals surface area contributed by atoms with Crippen LogP contribution in [-0.2, 0) is 4.74 Å². The molecule has 0 aromatic heterocycles. The van der Waals surface area contributed by atoms with Crippen molar-refractivity contribution in [2.75, 3.05) is 59.0 Å². The van der Waals surface area contributed by atoms with Gasteiger partial charge >= 0.3 is 0 Å². The Bertz CT molecular complexity index is 255. The molecule has 2 heterocycles. The Morgan fingerprint density at radius 3 is 2.61 bits per heavy atom. The van der Waals surface area contributed by atoms with Crippen LogP contribution in [0.3, 0.4) is 0 Å². The third-order valence-electron chi connectivity index (χ3n) is 3.74. The van der Waals surface area contributed by atoms with Crippen molar-refractivity contribution < 1.29 is 9.84 Å². The predicted octanol–water partition coefficient (Wildman–Crippen LogP) is -0.637. The number of hydrogen-bond donors (Lipinski definition) is 2. The van der Waals surface area contributed by atoms with Crippen LogP contribution in [0, 0.1) is 0 Å². The summed E-state index contributed by atoms with van der Waals surface area (Å²) in [4.78, 5) is 4.82. The number of morpholine rings is 1. The van der Waals surface area contributed by atoms with Gasteiger partial charge in [0, 0.05) is 51.4 Å². The zero-order chi connectivity index (χ0) is 13.0. The fraction of sp³-hybridized carbons (Fsp3) is 1.00. The number of β-amino-alcohol motifs (C(OH)–C–C–N with tert-alkyl or cyclic N) is 1. The maximum atomic E-state index is 9.89. The molecule has 0 amide bonds. The van der Waals surface area contributed by atoms with E-state index in [1.54, 1.807) is 0 Å². The predicted molar refractivity (Wildman–Crippen MR) is 71.8 cm³/mol. The highest BCUT2D eigenvalue weighted by Gasteiger charge is 2.27. The Labute approximate surface area is 110 Å². The largest absolute Gasteiger partial charge is 0.390 e. The molecular formula is C13H27N3O2. The number of aliphatic hydroxyl groups is 1. The highest BCUT2D eigenvalue weighted by Crippen LogP contribution is 2.11. The second-order valence-corrected chi connectivity index (χ2v) is 6.11. The second-order valence-electron chi connectivity index (χ2n) is 6.11. The first-order valence-electron chi connectivity index (χ1n) is 7.01. The smallest absolute Gasteiger partial charge is 0.0791 e. The zero-order valence-corrected chi connectivity index (χ0v) is 11.7. The highest BCUT2D eigenvalue weighted by molar-refractivity contribution is 4.88. The Kier molecular flexibility index (Phi) is 4.98. The zero-order valence-electron chi connectivity index (χ0n) is 11.7. The van der Waals surface area contributed by atoms with E-state index < -0.39 is 0 Å². The lowest BCUT2D eigenvalue weighted by Gasteiger charge is -2.33. The molecule has 2 saturated heterocycles. The Balaban J connectivity index is 1.79. The minimum atomic E-state index is -0.253. The van der Waals surface area contributed by atoms with Crippen molar-refractivity contribution in [3.63, 3.8) is 0 Å². The molecule has 0 radical (unpaired) electrons. The van der Waals surface area contributed by atoms with E-state index in [-0.39, 0.29) is 11.6 Å². The molecule has 0 aliphatic carbocycles. The van der Waals surface area contributed by atoms with Crippen LogP contribution in [0.4, 0.5) is 0 Å². The van der Waals surface area contributed by atoms with Gasteiger partial charge in [-0.1, -0.05) is 0 Å². The SMILES string of the molecule is CC1(C)CN(CCN2CCOCC2)CC(O)CN1. The summed E-state index contributed by atoms with van der Waals surface area (Å²) in [6.45, 7) is 12.8. The number of nitrogens with one attached hydrogen (secondary N) is 1. The van der Waals surface area contributed by atoms with Crippen LogP contribution in [0.15, 0.2) is 0 Å². The summed E-state index contributed by atoms with van der Waals surface area (Å²) in [5.74, 6) is 0. The summed E-state index contributed by atoms with van der Waals surface area (Å²) >= 11 is 0. The molecule has 1 atom stereocenters. The third kappa shape index (κ3) is 4.48. The van der Waals surface area contributed by atoms with E-state index in [1.807, 2.05) is 0 Å². The molecule has 0 saturated carbocycles. The Morgan fingerprint density at radius 2 is 1.89 bits per heavy atom. The van der Waals surface area contributed by atoms with Crippen molar-refractivity contribution in [1.29, 1.82) is 0 Å². The first kappa shape index (κ1) is 14.2. The van der Waals surface area contributed by atoms with E-state index in [9.17, 15) is 5.11 Å². The lowest BCUT2D eigenvalue weighted by atomic mass is 10.1. The van der Waals surface area contributed by atoms with Gasteiger partial charge < -0.3 is 15.2 Å². The summed E-state index contributed by atoms with van der Waals surface area (Å²) in [5.41, 5.74) is 0.0858. The minimum Gasteiger partial charge on any atom is -0.390 e. The van der Waals surface area contributed by atoms with Crippen LogP contribution in [0.2, 0.25) is 0 Å². The van der Waals surface area contributed by atoms with Crippen LogP contribution in [0.25, 0.3) is 0 Å².